The van der Waals surface area contributed by atoms with Crippen molar-refractivity contribution in [2.45, 2.75) is 26.5 Å². The first-order valence-electron chi connectivity index (χ1n) is 9.57. The number of carbonyl (C=O) groups is 2. The van der Waals surface area contributed by atoms with Crippen molar-refractivity contribution in [1.29, 1.82) is 0 Å². The van der Waals surface area contributed by atoms with Crippen LogP contribution in [0.1, 0.15) is 34.2 Å². The molecule has 6 nitrogen and oxygen atoms in total. The molecule has 1 N–H and O–H groups in total. The van der Waals surface area contributed by atoms with Gasteiger partial charge in [0.25, 0.3) is 0 Å². The maximum atomic E-state index is 12.5. The molecule has 0 aliphatic heterocycles. The van der Waals surface area contributed by atoms with Gasteiger partial charge in [0.05, 0.1) is 35.6 Å². The van der Waals surface area contributed by atoms with E-state index in [9.17, 15) is 9.59 Å². The Balaban J connectivity index is 1.64. The number of thioether (sulfide) groups is 1. The molecule has 0 aliphatic carbocycles. The number of para-hydroxylation sites is 1. The SMILES string of the molecule is COc1ccc(C(C)=O)cc1CSCC(=O)Nc1c(C)nn(-c2ccccc2)c1C. The molecule has 2 aromatic carbocycles. The molecule has 1 amide bonds. The van der Waals surface area contributed by atoms with Gasteiger partial charge < -0.3 is 10.1 Å². The Morgan fingerprint density at radius 2 is 1.87 bits per heavy atom. The third-order valence-corrected chi connectivity index (χ3v) is 5.72. The van der Waals surface area contributed by atoms with Crippen LogP contribution in [0.3, 0.4) is 0 Å². The lowest BCUT2D eigenvalue weighted by atomic mass is 10.1. The van der Waals surface area contributed by atoms with Gasteiger partial charge in [0.2, 0.25) is 5.91 Å². The average molecular weight is 424 g/mol. The molecule has 0 radical (unpaired) electrons. The number of aryl methyl sites for hydroxylation is 1. The summed E-state index contributed by atoms with van der Waals surface area (Å²) in [7, 11) is 1.60. The van der Waals surface area contributed by atoms with Gasteiger partial charge in [-0.15, -0.1) is 11.8 Å². The van der Waals surface area contributed by atoms with E-state index in [4.69, 9.17) is 4.74 Å². The Kier molecular flexibility index (Phi) is 6.95. The summed E-state index contributed by atoms with van der Waals surface area (Å²) in [6, 6.07) is 15.2. The van der Waals surface area contributed by atoms with Gasteiger partial charge in [-0.1, -0.05) is 18.2 Å². The molecule has 3 aromatic rings. The Morgan fingerprint density at radius 3 is 2.53 bits per heavy atom. The number of nitrogens with one attached hydrogen (secondary N) is 1. The predicted molar refractivity (Wildman–Crippen MR) is 121 cm³/mol. The topological polar surface area (TPSA) is 73.2 Å². The van der Waals surface area contributed by atoms with Crippen LogP contribution in [0.5, 0.6) is 5.75 Å². The normalized spacial score (nSPS) is 10.7. The third kappa shape index (κ3) is 4.91. The number of carbonyl (C=O) groups excluding carboxylic acids is 2. The maximum absolute atomic E-state index is 12.5. The van der Waals surface area contributed by atoms with E-state index < -0.39 is 0 Å². The number of Topliss-reactive ketones (excluding diaryl/α,β-unsaturated/α-hetero) is 1. The van der Waals surface area contributed by atoms with Gasteiger partial charge in [-0.05, 0) is 51.1 Å². The lowest BCUT2D eigenvalue weighted by Gasteiger charge is -2.10. The van der Waals surface area contributed by atoms with Crippen LogP contribution in [0.15, 0.2) is 48.5 Å². The molecule has 0 spiro atoms. The second kappa shape index (κ2) is 9.63. The van der Waals surface area contributed by atoms with Crippen molar-refractivity contribution in [1.82, 2.24) is 9.78 Å². The van der Waals surface area contributed by atoms with Crippen molar-refractivity contribution in [2.24, 2.45) is 0 Å². The predicted octanol–water partition coefficient (Wildman–Crippen LogP) is 4.57. The molecule has 0 fully saturated rings. The van der Waals surface area contributed by atoms with E-state index in [1.165, 1.54) is 18.7 Å². The highest BCUT2D eigenvalue weighted by molar-refractivity contribution is 7.99. The van der Waals surface area contributed by atoms with E-state index in [1.807, 2.05) is 54.9 Å². The van der Waals surface area contributed by atoms with E-state index >= 15 is 0 Å². The van der Waals surface area contributed by atoms with Gasteiger partial charge in [0.1, 0.15) is 5.75 Å². The van der Waals surface area contributed by atoms with Crippen LogP contribution in [0.2, 0.25) is 0 Å². The van der Waals surface area contributed by atoms with E-state index in [-0.39, 0.29) is 17.4 Å². The van der Waals surface area contributed by atoms with E-state index in [0.29, 0.717) is 17.1 Å². The summed E-state index contributed by atoms with van der Waals surface area (Å²) in [6.07, 6.45) is 0. The fourth-order valence-electron chi connectivity index (χ4n) is 3.18. The van der Waals surface area contributed by atoms with Crippen LogP contribution in [-0.2, 0) is 10.5 Å². The van der Waals surface area contributed by atoms with E-state index in [0.717, 1.165) is 28.3 Å². The van der Waals surface area contributed by atoms with Crippen molar-refractivity contribution in [3.63, 3.8) is 0 Å². The molecule has 30 heavy (non-hydrogen) atoms. The number of benzene rings is 2. The summed E-state index contributed by atoms with van der Waals surface area (Å²) in [4.78, 5) is 24.2. The van der Waals surface area contributed by atoms with Crippen LogP contribution in [-0.4, -0.2) is 34.3 Å². The number of methoxy groups -OCH3 is 1. The summed E-state index contributed by atoms with van der Waals surface area (Å²) in [6.45, 7) is 5.35. The van der Waals surface area contributed by atoms with Crippen LogP contribution >= 0.6 is 11.8 Å². The number of rotatable bonds is 8. The van der Waals surface area contributed by atoms with Crippen molar-refractivity contribution < 1.29 is 14.3 Å². The second-order valence-corrected chi connectivity index (χ2v) is 7.90. The number of ketones is 1. The highest BCUT2D eigenvalue weighted by Gasteiger charge is 2.15. The van der Waals surface area contributed by atoms with Crippen molar-refractivity contribution in [3.8, 4) is 11.4 Å². The average Bonchev–Trinajstić information content (AvgIpc) is 3.02. The Bertz CT molecular complexity index is 1060. The summed E-state index contributed by atoms with van der Waals surface area (Å²) in [5, 5.41) is 7.54. The monoisotopic (exact) mass is 423 g/mol. The van der Waals surface area contributed by atoms with Crippen LogP contribution < -0.4 is 10.1 Å². The molecule has 0 atom stereocenters. The lowest BCUT2D eigenvalue weighted by molar-refractivity contribution is -0.113. The molecule has 0 unspecified atom stereocenters. The van der Waals surface area contributed by atoms with Gasteiger partial charge in [-0.25, -0.2) is 4.68 Å². The zero-order valence-electron chi connectivity index (χ0n) is 17.6. The molecule has 0 saturated heterocycles. The summed E-state index contributed by atoms with van der Waals surface area (Å²) >= 11 is 1.47. The molecular formula is C23H25N3O3S. The van der Waals surface area contributed by atoms with Gasteiger partial charge in [-0.3, -0.25) is 9.59 Å². The molecule has 0 saturated carbocycles. The largest absolute Gasteiger partial charge is 0.496 e. The Hall–Kier alpha value is -3.06. The van der Waals surface area contributed by atoms with Gasteiger partial charge in [0, 0.05) is 16.9 Å². The highest BCUT2D eigenvalue weighted by Crippen LogP contribution is 2.26. The fourth-order valence-corrected chi connectivity index (χ4v) is 3.99. The highest BCUT2D eigenvalue weighted by atomic mass is 32.2. The minimum atomic E-state index is -0.0968. The Morgan fingerprint density at radius 1 is 1.13 bits per heavy atom. The molecule has 1 aromatic heterocycles. The number of nitrogens with zero attached hydrogens (tertiary/aromatic N) is 2. The molecule has 7 heteroatoms. The summed E-state index contributed by atoms with van der Waals surface area (Å²) in [5.74, 6) is 1.47. The smallest absolute Gasteiger partial charge is 0.234 e. The van der Waals surface area contributed by atoms with Gasteiger partial charge in [-0.2, -0.15) is 5.10 Å². The number of ether oxygens (including phenoxy) is 1. The quantitative estimate of drug-likeness (QED) is 0.537. The standard InChI is InChI=1S/C23H25N3O3S/c1-15-23(16(2)26(25-15)20-8-6-5-7-9-20)24-22(28)14-30-13-19-12-18(17(3)27)10-11-21(19)29-4/h5-12H,13-14H2,1-4H3,(H,24,28). The van der Waals surface area contributed by atoms with Gasteiger partial charge >= 0.3 is 0 Å². The minimum Gasteiger partial charge on any atom is -0.496 e. The van der Waals surface area contributed by atoms with Crippen LogP contribution in [0.4, 0.5) is 5.69 Å². The molecular weight excluding hydrogens is 398 g/mol. The van der Waals surface area contributed by atoms with Crippen LogP contribution in [0, 0.1) is 13.8 Å². The first-order chi connectivity index (χ1) is 14.4. The lowest BCUT2D eigenvalue weighted by Crippen LogP contribution is -2.15. The molecule has 0 aliphatic rings. The van der Waals surface area contributed by atoms with Crippen molar-refractivity contribution in [2.75, 3.05) is 18.2 Å². The molecule has 0 bridgehead atoms. The summed E-state index contributed by atoms with van der Waals surface area (Å²) < 4.78 is 7.20. The van der Waals surface area contributed by atoms with E-state index in [1.54, 1.807) is 19.2 Å². The van der Waals surface area contributed by atoms with Crippen LogP contribution in [0.25, 0.3) is 5.69 Å². The number of aromatic nitrogens is 2. The second-order valence-electron chi connectivity index (χ2n) is 6.92. The van der Waals surface area contributed by atoms with Crippen molar-refractivity contribution in [3.05, 3.63) is 71.0 Å². The number of hydrogen-bond acceptors (Lipinski definition) is 5. The minimum absolute atomic E-state index is 0.00280. The zero-order chi connectivity index (χ0) is 21.7. The summed E-state index contributed by atoms with van der Waals surface area (Å²) in [5.41, 5.74) is 4.87. The third-order valence-electron chi connectivity index (χ3n) is 4.73. The maximum Gasteiger partial charge on any atom is 0.234 e. The van der Waals surface area contributed by atoms with E-state index in [2.05, 4.69) is 10.4 Å². The fraction of sp³-hybridized carbons (Fsp3) is 0.261. The first-order valence-corrected chi connectivity index (χ1v) is 10.7. The van der Waals surface area contributed by atoms with Crippen molar-refractivity contribution >= 4 is 29.1 Å². The zero-order valence-corrected chi connectivity index (χ0v) is 18.4. The van der Waals surface area contributed by atoms with Gasteiger partial charge in [0.15, 0.2) is 5.78 Å². The molecule has 156 valence electrons. The molecule has 1 heterocycles. The first kappa shape index (κ1) is 21.6. The number of amides is 1. The Labute approximate surface area is 180 Å². The molecule has 3 rings (SSSR count). The number of anilines is 1. The number of hydrogen-bond donors (Lipinski definition) is 1.